The molecule has 1 N–H and O–H groups in total. The number of phenols is 1. The molecule has 1 aromatic carbocycles. The normalized spacial score (nSPS) is 15.2. The lowest BCUT2D eigenvalue weighted by molar-refractivity contribution is 0.475. The Balaban J connectivity index is 2.91. The zero-order valence-electron chi connectivity index (χ0n) is 9.66. The Morgan fingerprint density at radius 3 is 2.12 bits per heavy atom. The third-order valence-electron chi connectivity index (χ3n) is 2.07. The molecule has 17 heavy (non-hydrogen) atoms. The molecule has 0 spiro atoms. The van der Waals surface area contributed by atoms with Gasteiger partial charge in [0.15, 0.2) is 0 Å². The maximum atomic E-state index is 12.1. The molecule has 0 saturated heterocycles. The maximum Gasteiger partial charge on any atom is 0.149 e. The zero-order valence-corrected chi connectivity index (χ0v) is 11.3. The molecule has 1 unspecified atom stereocenters. The monoisotopic (exact) mass is 277 g/mol. The molecule has 0 aromatic heterocycles. The summed E-state index contributed by atoms with van der Waals surface area (Å²) in [6, 6.07) is 5.87. The molecule has 7 heteroatoms. The summed E-state index contributed by atoms with van der Waals surface area (Å²) < 4.78 is 37.9. The van der Waals surface area contributed by atoms with Crippen molar-refractivity contribution in [2.75, 3.05) is 24.8 Å². The van der Waals surface area contributed by atoms with E-state index in [2.05, 4.69) is 4.36 Å². The standard InChI is InChI=1S/C10H15NO4S2/c1-16(13,14)8-7-11-17(2,15)10-5-3-9(12)4-6-10/h3-6,12H,7-8H2,1-2H3. The number of hydrogen-bond acceptors (Lipinski definition) is 5. The molecule has 0 heterocycles. The average molecular weight is 277 g/mol. The number of hydrogen-bond donors (Lipinski definition) is 1. The third kappa shape index (κ3) is 4.74. The summed E-state index contributed by atoms with van der Waals surface area (Å²) in [6.07, 6.45) is 2.56. The molecule has 0 saturated carbocycles. The summed E-state index contributed by atoms with van der Waals surface area (Å²) in [6.45, 7) is 0.00897. The van der Waals surface area contributed by atoms with Crippen LogP contribution in [-0.2, 0) is 19.6 Å². The second kappa shape index (κ2) is 5.05. The Labute approximate surface area is 102 Å². The summed E-state index contributed by atoms with van der Waals surface area (Å²) in [5, 5.41) is 9.10. The van der Waals surface area contributed by atoms with E-state index in [-0.39, 0.29) is 18.0 Å². The smallest absolute Gasteiger partial charge is 0.149 e. The van der Waals surface area contributed by atoms with Gasteiger partial charge in [0.2, 0.25) is 0 Å². The fraction of sp³-hybridized carbons (Fsp3) is 0.400. The van der Waals surface area contributed by atoms with Crippen LogP contribution in [0, 0.1) is 0 Å². The van der Waals surface area contributed by atoms with Crippen molar-refractivity contribution in [1.82, 2.24) is 0 Å². The fourth-order valence-electron chi connectivity index (χ4n) is 1.15. The van der Waals surface area contributed by atoms with Crippen LogP contribution >= 0.6 is 0 Å². The average Bonchev–Trinajstić information content (AvgIpc) is 2.15. The summed E-state index contributed by atoms with van der Waals surface area (Å²) in [5.41, 5.74) is 0. The summed E-state index contributed by atoms with van der Waals surface area (Å²) in [4.78, 5) is 0.476. The van der Waals surface area contributed by atoms with Gasteiger partial charge in [-0.05, 0) is 24.3 Å². The Kier molecular flexibility index (Phi) is 4.16. The predicted octanol–water partition coefficient (Wildman–Crippen LogP) is 0.893. The van der Waals surface area contributed by atoms with Gasteiger partial charge in [-0.15, -0.1) is 0 Å². The van der Waals surface area contributed by atoms with Gasteiger partial charge in [0.1, 0.15) is 15.6 Å². The van der Waals surface area contributed by atoms with Crippen molar-refractivity contribution in [2.24, 2.45) is 4.36 Å². The Morgan fingerprint density at radius 1 is 1.12 bits per heavy atom. The molecule has 0 radical (unpaired) electrons. The number of rotatable bonds is 4. The van der Waals surface area contributed by atoms with Crippen LogP contribution in [0.25, 0.3) is 0 Å². The van der Waals surface area contributed by atoms with Gasteiger partial charge in [-0.3, -0.25) is 0 Å². The van der Waals surface area contributed by atoms with Crippen LogP contribution in [-0.4, -0.2) is 42.5 Å². The highest BCUT2D eigenvalue weighted by Gasteiger charge is 2.07. The second-order valence-electron chi connectivity index (χ2n) is 3.78. The predicted molar refractivity (Wildman–Crippen MR) is 67.4 cm³/mol. The van der Waals surface area contributed by atoms with E-state index in [1.807, 2.05) is 0 Å². The van der Waals surface area contributed by atoms with Crippen LogP contribution in [0.2, 0.25) is 0 Å². The second-order valence-corrected chi connectivity index (χ2v) is 8.37. The highest BCUT2D eigenvalue weighted by Crippen LogP contribution is 2.15. The molecule has 5 nitrogen and oxygen atoms in total. The van der Waals surface area contributed by atoms with Gasteiger partial charge in [0.05, 0.1) is 22.0 Å². The lowest BCUT2D eigenvalue weighted by Gasteiger charge is -2.04. The van der Waals surface area contributed by atoms with Crippen LogP contribution in [0.5, 0.6) is 5.75 Å². The number of aromatic hydroxyl groups is 1. The molecule has 0 fully saturated rings. The minimum Gasteiger partial charge on any atom is -0.508 e. The first-order valence-corrected chi connectivity index (χ1v) is 8.84. The van der Waals surface area contributed by atoms with E-state index in [1.54, 1.807) is 0 Å². The van der Waals surface area contributed by atoms with Crippen molar-refractivity contribution in [3.05, 3.63) is 24.3 Å². The van der Waals surface area contributed by atoms with Crippen molar-refractivity contribution in [3.8, 4) is 5.75 Å². The van der Waals surface area contributed by atoms with Gasteiger partial charge < -0.3 is 5.11 Å². The molecule has 0 aliphatic carbocycles. The molecule has 0 aliphatic heterocycles. The number of sulfone groups is 1. The van der Waals surface area contributed by atoms with Crippen molar-refractivity contribution < 1.29 is 17.7 Å². The SMILES string of the molecule is CS(=O)(=O)CCN=S(C)(=O)c1ccc(O)cc1. The van der Waals surface area contributed by atoms with Crippen LogP contribution < -0.4 is 0 Å². The highest BCUT2D eigenvalue weighted by molar-refractivity contribution is 7.93. The topological polar surface area (TPSA) is 83.8 Å². The minimum atomic E-state index is -3.09. The van der Waals surface area contributed by atoms with Crippen LogP contribution in [0.3, 0.4) is 0 Å². The van der Waals surface area contributed by atoms with Gasteiger partial charge in [0, 0.05) is 17.4 Å². The van der Waals surface area contributed by atoms with Crippen LogP contribution in [0.4, 0.5) is 0 Å². The number of benzene rings is 1. The lowest BCUT2D eigenvalue weighted by Crippen LogP contribution is -2.08. The van der Waals surface area contributed by atoms with E-state index in [0.717, 1.165) is 6.26 Å². The minimum absolute atomic E-state index is 0.00897. The highest BCUT2D eigenvalue weighted by atomic mass is 32.2. The first-order chi connectivity index (χ1) is 7.71. The summed E-state index contributed by atoms with van der Waals surface area (Å²) >= 11 is 0. The summed E-state index contributed by atoms with van der Waals surface area (Å²) in [7, 11) is -5.69. The van der Waals surface area contributed by atoms with Gasteiger partial charge in [-0.1, -0.05) is 0 Å². The van der Waals surface area contributed by atoms with E-state index >= 15 is 0 Å². The fourth-order valence-corrected chi connectivity index (χ4v) is 2.92. The molecular formula is C10H15NO4S2. The third-order valence-corrected chi connectivity index (χ3v) is 4.82. The lowest BCUT2D eigenvalue weighted by atomic mass is 10.3. The molecule has 96 valence electrons. The van der Waals surface area contributed by atoms with Crippen LogP contribution in [0.1, 0.15) is 0 Å². The molecule has 1 rings (SSSR count). The Bertz CT molecular complexity index is 596. The molecule has 0 amide bonds. The largest absolute Gasteiger partial charge is 0.508 e. The van der Waals surface area contributed by atoms with E-state index in [0.29, 0.717) is 4.90 Å². The Hall–Kier alpha value is -1.08. The molecule has 1 aromatic rings. The van der Waals surface area contributed by atoms with Crippen molar-refractivity contribution in [1.29, 1.82) is 0 Å². The van der Waals surface area contributed by atoms with Gasteiger partial charge in [-0.25, -0.2) is 17.0 Å². The quantitative estimate of drug-likeness (QED) is 0.886. The van der Waals surface area contributed by atoms with E-state index in [1.165, 1.54) is 30.5 Å². The number of phenolic OH excluding ortho intramolecular Hbond substituents is 1. The van der Waals surface area contributed by atoms with Gasteiger partial charge >= 0.3 is 0 Å². The maximum absolute atomic E-state index is 12.1. The summed E-state index contributed by atoms with van der Waals surface area (Å²) in [5.74, 6) is -0.0318. The van der Waals surface area contributed by atoms with Gasteiger partial charge in [0.25, 0.3) is 0 Å². The molecular weight excluding hydrogens is 262 g/mol. The molecule has 1 atom stereocenters. The Morgan fingerprint density at radius 2 is 1.65 bits per heavy atom. The van der Waals surface area contributed by atoms with E-state index in [4.69, 9.17) is 5.11 Å². The van der Waals surface area contributed by atoms with Crippen molar-refractivity contribution in [2.45, 2.75) is 4.90 Å². The first-order valence-electron chi connectivity index (χ1n) is 4.85. The molecule has 0 bridgehead atoms. The van der Waals surface area contributed by atoms with E-state index < -0.39 is 19.6 Å². The van der Waals surface area contributed by atoms with Crippen molar-refractivity contribution >= 4 is 19.6 Å². The van der Waals surface area contributed by atoms with E-state index in [9.17, 15) is 12.6 Å². The van der Waals surface area contributed by atoms with Gasteiger partial charge in [-0.2, -0.15) is 0 Å². The van der Waals surface area contributed by atoms with Crippen molar-refractivity contribution in [3.63, 3.8) is 0 Å². The zero-order chi connectivity index (χ0) is 13.1. The number of nitrogens with zero attached hydrogens (tertiary/aromatic N) is 1. The first kappa shape index (κ1) is 14.0. The molecule has 0 aliphatic rings. The van der Waals surface area contributed by atoms with Crippen LogP contribution in [0.15, 0.2) is 33.5 Å².